The predicted octanol–water partition coefficient (Wildman–Crippen LogP) is 1.36. The van der Waals surface area contributed by atoms with E-state index in [9.17, 15) is 9.59 Å². The van der Waals surface area contributed by atoms with E-state index in [0.717, 1.165) is 5.75 Å². The van der Waals surface area contributed by atoms with Crippen LogP contribution in [0.1, 0.15) is 18.2 Å². The van der Waals surface area contributed by atoms with Gasteiger partial charge in [-0.15, -0.1) is 11.3 Å². The summed E-state index contributed by atoms with van der Waals surface area (Å²) in [6.45, 7) is 1.32. The fraction of sp³-hybridized carbons (Fsp3) is 0.500. The molecule has 0 bridgehead atoms. The van der Waals surface area contributed by atoms with Crippen LogP contribution in [0.25, 0.3) is 0 Å². The normalized spacial score (nSPS) is 12.1. The van der Waals surface area contributed by atoms with E-state index in [0.29, 0.717) is 12.2 Å². The molecule has 5 nitrogen and oxygen atoms in total. The van der Waals surface area contributed by atoms with Crippen molar-refractivity contribution in [2.75, 3.05) is 5.75 Å². The Morgan fingerprint density at radius 2 is 2.41 bits per heavy atom. The van der Waals surface area contributed by atoms with Gasteiger partial charge < -0.3 is 10.4 Å². The number of rotatable bonds is 7. The number of thiazole rings is 1. The topological polar surface area (TPSA) is 79.3 Å². The van der Waals surface area contributed by atoms with Crippen LogP contribution in [-0.2, 0) is 15.3 Å². The summed E-state index contributed by atoms with van der Waals surface area (Å²) in [4.78, 5) is 26.7. The van der Waals surface area contributed by atoms with Gasteiger partial charge in [0.05, 0.1) is 5.51 Å². The first-order valence-electron chi connectivity index (χ1n) is 5.04. The number of hydrogen-bond donors (Lipinski definition) is 2. The summed E-state index contributed by atoms with van der Waals surface area (Å²) in [6.07, 6.45) is 2.23. The van der Waals surface area contributed by atoms with Crippen LogP contribution < -0.4 is 5.32 Å². The first-order valence-corrected chi connectivity index (χ1v) is 7.08. The van der Waals surface area contributed by atoms with Crippen molar-refractivity contribution in [1.82, 2.24) is 10.3 Å². The van der Waals surface area contributed by atoms with Gasteiger partial charge in [0.25, 0.3) is 0 Å². The first-order chi connectivity index (χ1) is 8.09. The molecule has 1 aromatic heterocycles. The lowest BCUT2D eigenvalue weighted by molar-refractivity contribution is -0.141. The van der Waals surface area contributed by atoms with Gasteiger partial charge in [0.15, 0.2) is 0 Å². The van der Waals surface area contributed by atoms with Crippen molar-refractivity contribution < 1.29 is 14.7 Å². The molecule has 0 fully saturated rings. The number of nitrogens with one attached hydrogen (secondary N) is 1. The average molecular weight is 274 g/mol. The van der Waals surface area contributed by atoms with Crippen molar-refractivity contribution in [3.8, 4) is 0 Å². The Hall–Kier alpha value is -1.08. The Morgan fingerprint density at radius 3 is 2.94 bits per heavy atom. The second-order valence-corrected chi connectivity index (χ2v) is 5.48. The molecule has 0 radical (unpaired) electrons. The highest BCUT2D eigenvalue weighted by Crippen LogP contribution is 2.16. The molecule has 1 unspecified atom stereocenters. The predicted molar refractivity (Wildman–Crippen MR) is 68.1 cm³/mol. The van der Waals surface area contributed by atoms with Gasteiger partial charge in [0.1, 0.15) is 6.04 Å². The molecule has 1 rings (SSSR count). The molecule has 0 aliphatic carbocycles. The monoisotopic (exact) mass is 274 g/mol. The van der Waals surface area contributed by atoms with Crippen molar-refractivity contribution >= 4 is 35.0 Å². The summed E-state index contributed by atoms with van der Waals surface area (Å²) in [6, 6.07) is -0.790. The highest BCUT2D eigenvalue weighted by Gasteiger charge is 2.17. The number of aromatic nitrogens is 1. The van der Waals surface area contributed by atoms with Crippen molar-refractivity contribution in [3.05, 3.63) is 16.6 Å². The summed E-state index contributed by atoms with van der Waals surface area (Å²) in [5.74, 6) is 0.218. The van der Waals surface area contributed by atoms with E-state index >= 15 is 0 Å². The molecule has 0 saturated heterocycles. The first kappa shape index (κ1) is 14.0. The van der Waals surface area contributed by atoms with Gasteiger partial charge in [-0.05, 0) is 12.2 Å². The van der Waals surface area contributed by atoms with Gasteiger partial charge in [0, 0.05) is 23.8 Å². The molecule has 0 aromatic carbocycles. The third-order valence-corrected chi connectivity index (χ3v) is 3.96. The molecule has 0 saturated carbocycles. The van der Waals surface area contributed by atoms with E-state index < -0.39 is 12.0 Å². The largest absolute Gasteiger partial charge is 0.480 e. The van der Waals surface area contributed by atoms with Crippen LogP contribution in [0.2, 0.25) is 0 Å². The summed E-state index contributed by atoms with van der Waals surface area (Å²) < 4.78 is 0. The third-order valence-electron chi connectivity index (χ3n) is 1.95. The molecule has 7 heteroatoms. The number of carbonyl (C=O) groups excluding carboxylic acids is 1. The molecular weight excluding hydrogens is 260 g/mol. The minimum atomic E-state index is -0.987. The molecular formula is C10H14N2O3S2. The van der Waals surface area contributed by atoms with Gasteiger partial charge in [-0.3, -0.25) is 9.78 Å². The maximum absolute atomic E-state index is 10.8. The number of carboxylic acid groups (broad SMARTS) is 1. The summed E-state index contributed by atoms with van der Waals surface area (Å²) in [7, 11) is 0. The van der Waals surface area contributed by atoms with Gasteiger partial charge in [0.2, 0.25) is 5.91 Å². The maximum atomic E-state index is 10.8. The lowest BCUT2D eigenvalue weighted by Crippen LogP contribution is -2.39. The van der Waals surface area contributed by atoms with E-state index in [2.05, 4.69) is 10.3 Å². The van der Waals surface area contributed by atoms with Crippen LogP contribution in [0.4, 0.5) is 0 Å². The van der Waals surface area contributed by atoms with Crippen LogP contribution in [0.3, 0.4) is 0 Å². The third kappa shape index (κ3) is 5.69. The molecule has 2 N–H and O–H groups in total. The van der Waals surface area contributed by atoms with E-state index in [4.69, 9.17) is 5.11 Å². The van der Waals surface area contributed by atoms with Crippen LogP contribution >= 0.6 is 23.1 Å². The minimum Gasteiger partial charge on any atom is -0.480 e. The van der Waals surface area contributed by atoms with Gasteiger partial charge in [-0.1, -0.05) is 0 Å². The van der Waals surface area contributed by atoms with Crippen molar-refractivity contribution in [2.24, 2.45) is 0 Å². The number of hydrogen-bond acceptors (Lipinski definition) is 5. The Bertz CT molecular complexity index is 368. The fourth-order valence-corrected chi connectivity index (χ4v) is 2.91. The van der Waals surface area contributed by atoms with Crippen LogP contribution in [0.5, 0.6) is 0 Å². The lowest BCUT2D eigenvalue weighted by atomic mass is 10.2. The van der Waals surface area contributed by atoms with Crippen molar-refractivity contribution in [2.45, 2.75) is 25.1 Å². The fourth-order valence-electron chi connectivity index (χ4n) is 1.19. The van der Waals surface area contributed by atoms with Gasteiger partial charge in [-0.25, -0.2) is 4.79 Å². The Labute approximate surface area is 108 Å². The standard InChI is InChI=1S/C10H14N2O3S2/c1-7(13)12-9(10(14)15)2-3-16-5-8-4-11-6-17-8/h4,6,9H,2-3,5H2,1H3,(H,12,13)(H,14,15). The SMILES string of the molecule is CC(=O)NC(CCSCc1cncs1)C(=O)O. The summed E-state index contributed by atoms with van der Waals surface area (Å²) in [5.41, 5.74) is 1.77. The van der Waals surface area contributed by atoms with Crippen LogP contribution in [-0.4, -0.2) is 33.8 Å². The number of carboxylic acids is 1. The van der Waals surface area contributed by atoms with Crippen LogP contribution in [0, 0.1) is 0 Å². The van der Waals surface area contributed by atoms with E-state index in [1.54, 1.807) is 34.8 Å². The molecule has 94 valence electrons. The number of carbonyl (C=O) groups is 2. The highest BCUT2D eigenvalue weighted by molar-refractivity contribution is 7.98. The minimum absolute atomic E-state index is 0.315. The Kier molecular flexibility index (Phi) is 5.99. The second kappa shape index (κ2) is 7.29. The zero-order chi connectivity index (χ0) is 12.7. The summed E-state index contributed by atoms with van der Waals surface area (Å²) in [5, 5.41) is 11.3. The lowest BCUT2D eigenvalue weighted by Gasteiger charge is -2.12. The molecule has 0 spiro atoms. The molecule has 1 heterocycles. The van der Waals surface area contributed by atoms with Gasteiger partial charge in [-0.2, -0.15) is 11.8 Å². The van der Waals surface area contributed by atoms with Crippen molar-refractivity contribution in [1.29, 1.82) is 0 Å². The zero-order valence-corrected chi connectivity index (χ0v) is 11.0. The van der Waals surface area contributed by atoms with Gasteiger partial charge >= 0.3 is 5.97 Å². The Balaban J connectivity index is 2.23. The molecule has 1 aromatic rings. The highest BCUT2D eigenvalue weighted by atomic mass is 32.2. The van der Waals surface area contributed by atoms with Crippen LogP contribution in [0.15, 0.2) is 11.7 Å². The molecule has 1 amide bonds. The second-order valence-electron chi connectivity index (χ2n) is 3.40. The molecule has 17 heavy (non-hydrogen) atoms. The average Bonchev–Trinajstić information content (AvgIpc) is 2.74. The van der Waals surface area contributed by atoms with E-state index in [1.165, 1.54) is 11.8 Å². The number of aliphatic carboxylic acids is 1. The molecule has 1 atom stereocenters. The quantitative estimate of drug-likeness (QED) is 0.734. The summed E-state index contributed by atoms with van der Waals surface area (Å²) >= 11 is 3.22. The molecule has 0 aliphatic rings. The Morgan fingerprint density at radius 1 is 1.65 bits per heavy atom. The van der Waals surface area contributed by atoms with E-state index in [-0.39, 0.29) is 5.91 Å². The molecule has 0 aliphatic heterocycles. The number of amides is 1. The number of thioether (sulfide) groups is 1. The zero-order valence-electron chi connectivity index (χ0n) is 9.38. The maximum Gasteiger partial charge on any atom is 0.326 e. The number of nitrogens with zero attached hydrogens (tertiary/aromatic N) is 1. The smallest absolute Gasteiger partial charge is 0.326 e. The van der Waals surface area contributed by atoms with E-state index in [1.807, 2.05) is 0 Å². The van der Waals surface area contributed by atoms with Crippen molar-refractivity contribution in [3.63, 3.8) is 0 Å².